The Morgan fingerprint density at radius 3 is 1.17 bits per heavy atom. The maximum absolute atomic E-state index is 12.6. The topological polar surface area (TPSA) is 134 Å². The summed E-state index contributed by atoms with van der Waals surface area (Å²) in [6, 6.07) is 0. The van der Waals surface area contributed by atoms with Gasteiger partial charge in [-0.3, -0.25) is 18.6 Å². The molecule has 2 atom stereocenters. The first-order valence-corrected chi connectivity index (χ1v) is 23.5. The molecule has 0 fully saturated rings. The molecule has 0 aromatic heterocycles. The molecule has 0 saturated heterocycles. The quantitative estimate of drug-likeness (QED) is 0.0354. The van der Waals surface area contributed by atoms with E-state index in [2.05, 4.69) is 13.8 Å². The van der Waals surface area contributed by atoms with Crippen molar-refractivity contribution in [1.82, 2.24) is 0 Å². The number of hydrogen-bond acceptors (Lipinski definition) is 8. The summed E-state index contributed by atoms with van der Waals surface area (Å²) in [5, 5.41) is 0. The van der Waals surface area contributed by atoms with Crippen molar-refractivity contribution in [2.75, 3.05) is 26.4 Å². The fraction of sp³-hybridized carbons (Fsp3) is 0.952. The molecular weight excluding hydrogens is 677 g/mol. The van der Waals surface area contributed by atoms with Crippen LogP contribution in [0.1, 0.15) is 226 Å². The molecule has 0 aromatic carbocycles. The van der Waals surface area contributed by atoms with Gasteiger partial charge in [-0.05, 0) is 12.8 Å². The summed E-state index contributed by atoms with van der Waals surface area (Å²) in [6.45, 7) is 3.77. The van der Waals surface area contributed by atoms with Gasteiger partial charge in [0, 0.05) is 19.4 Å². The van der Waals surface area contributed by atoms with Crippen molar-refractivity contribution in [2.45, 2.75) is 232 Å². The van der Waals surface area contributed by atoms with E-state index in [4.69, 9.17) is 24.3 Å². The third-order valence-corrected chi connectivity index (χ3v) is 10.7. The number of carbonyl (C=O) groups is 2. The molecule has 9 nitrogen and oxygen atoms in total. The van der Waals surface area contributed by atoms with Crippen LogP contribution in [-0.4, -0.2) is 49.3 Å². The molecule has 10 heteroatoms. The Morgan fingerprint density at radius 2 is 0.827 bits per heavy atom. The number of unbranched alkanes of at least 4 members (excludes halogenated alkanes) is 29. The van der Waals surface area contributed by atoms with Gasteiger partial charge in [0.2, 0.25) is 0 Å². The van der Waals surface area contributed by atoms with Crippen molar-refractivity contribution in [3.8, 4) is 0 Å². The van der Waals surface area contributed by atoms with Gasteiger partial charge < -0.3 is 20.1 Å². The average molecular weight is 762 g/mol. The van der Waals surface area contributed by atoms with Gasteiger partial charge in [-0.1, -0.05) is 200 Å². The molecule has 0 spiro atoms. The zero-order valence-electron chi connectivity index (χ0n) is 34.1. The predicted octanol–water partition coefficient (Wildman–Crippen LogP) is 12.4. The highest BCUT2D eigenvalue weighted by Crippen LogP contribution is 2.43. The van der Waals surface area contributed by atoms with Crippen LogP contribution in [0.3, 0.4) is 0 Å². The molecule has 1 unspecified atom stereocenters. The number of phosphoric ester groups is 1. The molecule has 52 heavy (non-hydrogen) atoms. The summed E-state index contributed by atoms with van der Waals surface area (Å²) in [5.74, 6) is -0.813. The third kappa shape index (κ3) is 38.7. The van der Waals surface area contributed by atoms with E-state index in [0.29, 0.717) is 6.42 Å². The fourth-order valence-corrected chi connectivity index (χ4v) is 7.23. The van der Waals surface area contributed by atoms with Crippen LogP contribution in [0.15, 0.2) is 0 Å². The monoisotopic (exact) mass is 762 g/mol. The van der Waals surface area contributed by atoms with E-state index < -0.39 is 26.5 Å². The first kappa shape index (κ1) is 51.0. The Balaban J connectivity index is 4.08. The Morgan fingerprint density at radius 1 is 0.500 bits per heavy atom. The molecule has 0 bridgehead atoms. The molecular formula is C42H84NO8P. The Kier molecular flexibility index (Phi) is 38.9. The number of esters is 2. The Labute approximate surface area is 320 Å². The second-order valence-electron chi connectivity index (χ2n) is 14.9. The highest BCUT2D eigenvalue weighted by molar-refractivity contribution is 7.47. The molecule has 0 aromatic rings. The lowest BCUT2D eigenvalue weighted by Crippen LogP contribution is -2.29. The summed E-state index contributed by atoms with van der Waals surface area (Å²) in [5.41, 5.74) is 5.35. The highest BCUT2D eigenvalue weighted by Gasteiger charge is 2.26. The molecule has 3 N–H and O–H groups in total. The minimum Gasteiger partial charge on any atom is -0.462 e. The summed E-state index contributed by atoms with van der Waals surface area (Å²) in [6.07, 6.45) is 38.4. The van der Waals surface area contributed by atoms with Crippen molar-refractivity contribution in [2.24, 2.45) is 5.73 Å². The first-order valence-electron chi connectivity index (χ1n) is 22.0. The largest absolute Gasteiger partial charge is 0.472 e. The van der Waals surface area contributed by atoms with Crippen LogP contribution in [0.4, 0.5) is 0 Å². The molecule has 0 radical (unpaired) electrons. The second kappa shape index (κ2) is 39.7. The van der Waals surface area contributed by atoms with Crippen LogP contribution in [0, 0.1) is 0 Å². The van der Waals surface area contributed by atoms with Crippen molar-refractivity contribution in [3.63, 3.8) is 0 Å². The van der Waals surface area contributed by atoms with Gasteiger partial charge in [0.1, 0.15) is 6.61 Å². The van der Waals surface area contributed by atoms with Crippen LogP contribution in [0.5, 0.6) is 0 Å². The molecule has 0 rings (SSSR count). The molecule has 0 saturated carbocycles. The first-order chi connectivity index (χ1) is 25.3. The summed E-state index contributed by atoms with van der Waals surface area (Å²) < 4.78 is 32.8. The summed E-state index contributed by atoms with van der Waals surface area (Å²) in [4.78, 5) is 34.8. The molecule has 0 aliphatic heterocycles. The van der Waals surface area contributed by atoms with E-state index in [1.54, 1.807) is 0 Å². The summed E-state index contributed by atoms with van der Waals surface area (Å²) >= 11 is 0. The minimum absolute atomic E-state index is 0.0581. The number of rotatable bonds is 42. The number of hydrogen-bond donors (Lipinski definition) is 2. The fourth-order valence-electron chi connectivity index (χ4n) is 6.46. The van der Waals surface area contributed by atoms with E-state index in [1.165, 1.54) is 161 Å². The molecule has 0 aliphatic carbocycles. The molecule has 0 aliphatic rings. The second-order valence-corrected chi connectivity index (χ2v) is 16.4. The van der Waals surface area contributed by atoms with Gasteiger partial charge in [-0.25, -0.2) is 4.57 Å². The molecule has 0 heterocycles. The smallest absolute Gasteiger partial charge is 0.462 e. The lowest BCUT2D eigenvalue weighted by Gasteiger charge is -2.19. The van der Waals surface area contributed by atoms with E-state index in [-0.39, 0.29) is 38.6 Å². The Hall–Kier alpha value is -0.990. The lowest BCUT2D eigenvalue weighted by atomic mass is 10.0. The maximum atomic E-state index is 12.6. The lowest BCUT2D eigenvalue weighted by molar-refractivity contribution is -0.161. The van der Waals surface area contributed by atoms with Gasteiger partial charge in [0.05, 0.1) is 13.2 Å². The van der Waals surface area contributed by atoms with Crippen LogP contribution in [0.25, 0.3) is 0 Å². The molecule has 310 valence electrons. The van der Waals surface area contributed by atoms with Crippen LogP contribution >= 0.6 is 7.82 Å². The van der Waals surface area contributed by atoms with Gasteiger partial charge in [0.25, 0.3) is 0 Å². The highest BCUT2D eigenvalue weighted by atomic mass is 31.2. The summed E-state index contributed by atoms with van der Waals surface area (Å²) in [7, 11) is -4.37. The van der Waals surface area contributed by atoms with E-state index in [0.717, 1.165) is 32.1 Å². The van der Waals surface area contributed by atoms with E-state index in [1.807, 2.05) is 0 Å². The van der Waals surface area contributed by atoms with Gasteiger partial charge >= 0.3 is 19.8 Å². The van der Waals surface area contributed by atoms with Gasteiger partial charge in [0.15, 0.2) is 6.10 Å². The molecule has 0 amide bonds. The minimum atomic E-state index is -4.37. The zero-order valence-corrected chi connectivity index (χ0v) is 35.0. The van der Waals surface area contributed by atoms with Crippen molar-refractivity contribution in [1.29, 1.82) is 0 Å². The SMILES string of the molecule is CCCCCCCCCCCCCCCCCCCCC(=O)O[C@H](COC(=O)CCCCCCCCCCCCCCC)COP(=O)(O)OCCN. The predicted molar refractivity (Wildman–Crippen MR) is 215 cm³/mol. The number of phosphoric acid groups is 1. The van der Waals surface area contributed by atoms with Crippen LogP contribution in [-0.2, 0) is 32.7 Å². The van der Waals surface area contributed by atoms with E-state index >= 15 is 0 Å². The van der Waals surface area contributed by atoms with E-state index in [9.17, 15) is 19.0 Å². The van der Waals surface area contributed by atoms with Crippen LogP contribution in [0.2, 0.25) is 0 Å². The normalized spacial score (nSPS) is 13.2. The van der Waals surface area contributed by atoms with Crippen molar-refractivity contribution >= 4 is 19.8 Å². The number of nitrogens with two attached hydrogens (primary N) is 1. The maximum Gasteiger partial charge on any atom is 0.472 e. The van der Waals surface area contributed by atoms with Gasteiger partial charge in [-0.15, -0.1) is 0 Å². The van der Waals surface area contributed by atoms with Gasteiger partial charge in [-0.2, -0.15) is 0 Å². The zero-order chi connectivity index (χ0) is 38.2. The standard InChI is InChI=1S/C42H84NO8P/c1-3-5-7-9-11-13-15-17-18-19-20-21-23-25-27-29-31-33-35-42(45)51-40(39-50-52(46,47)49-37-36-43)38-48-41(44)34-32-30-28-26-24-22-16-14-12-10-8-6-4-2/h40H,3-39,43H2,1-2H3,(H,46,47)/t40-/m1/s1. The van der Waals surface area contributed by atoms with Crippen molar-refractivity contribution in [3.05, 3.63) is 0 Å². The third-order valence-electron chi connectivity index (χ3n) is 9.74. The Bertz CT molecular complexity index is 830. The van der Waals surface area contributed by atoms with Crippen molar-refractivity contribution < 1.29 is 37.6 Å². The van der Waals surface area contributed by atoms with Crippen LogP contribution < -0.4 is 5.73 Å². The number of ether oxygens (including phenoxy) is 2. The number of carbonyl (C=O) groups excluding carboxylic acids is 2. The average Bonchev–Trinajstić information content (AvgIpc) is 3.13.